The molecule has 0 aromatic carbocycles. The molecular weight excluding hydrogens is 196 g/mol. The minimum atomic E-state index is -2.65. The average molecular weight is 215 g/mol. The van der Waals surface area contributed by atoms with E-state index in [1.54, 1.807) is 6.55 Å². The van der Waals surface area contributed by atoms with Crippen LogP contribution in [0.3, 0.4) is 0 Å². The molecule has 0 bridgehead atoms. The molecule has 0 aromatic rings. The second-order valence-electron chi connectivity index (χ2n) is 1.31. The second-order valence-corrected chi connectivity index (χ2v) is 3.92. The van der Waals surface area contributed by atoms with Gasteiger partial charge in [-0.3, -0.25) is 0 Å². The van der Waals surface area contributed by atoms with Crippen molar-refractivity contribution >= 4 is 8.80 Å². The fraction of sp³-hybridized carbons (Fsp3) is 0.500. The summed E-state index contributed by atoms with van der Waals surface area (Å²) in [4.78, 5) is 8.83. The van der Waals surface area contributed by atoms with Gasteiger partial charge in [-0.2, -0.15) is 0 Å². The van der Waals surface area contributed by atoms with E-state index in [2.05, 4.69) is 8.85 Å². The van der Waals surface area contributed by atoms with Crippen LogP contribution in [0, 0.1) is 22.3 Å². The van der Waals surface area contributed by atoms with Gasteiger partial charge in [-0.15, -0.1) is 0 Å². The molecule has 69 valence electrons. The molecule has 0 amide bonds. The van der Waals surface area contributed by atoms with Crippen LogP contribution in [0.4, 0.5) is 0 Å². The molecule has 11 heavy (non-hydrogen) atoms. The number of rotatable bonds is 2. The number of hydrogen-bond acceptors (Lipinski definition) is 3. The first-order chi connectivity index (χ1) is 3.12. The van der Waals surface area contributed by atoms with E-state index in [0.717, 1.165) is 0 Å². The van der Waals surface area contributed by atoms with Crippen LogP contribution in [0.15, 0.2) is 0 Å². The maximum absolute atomic E-state index is 8.83. The molecule has 0 spiro atoms. The Morgan fingerprint density at radius 1 is 1.00 bits per heavy atom. The Morgan fingerprint density at radius 2 is 1.18 bits per heavy atom. The summed E-state index contributed by atoms with van der Waals surface area (Å²) in [6.45, 7) is 1.55. The molecule has 0 fully saturated rings. The predicted octanol–water partition coefficient (Wildman–Crippen LogP) is 1.19. The van der Waals surface area contributed by atoms with E-state index >= 15 is 0 Å². The molecule has 0 saturated heterocycles. The van der Waals surface area contributed by atoms with Crippen LogP contribution < -0.4 is 0 Å². The number of hydrogen-bond donors (Lipinski definition) is 1. The minimum Gasteiger partial charge on any atom is -0.390 e. The molecule has 3 nitrogen and oxygen atoms in total. The Hall–Kier alpha value is 0.811. The summed E-state index contributed by atoms with van der Waals surface area (Å²) in [5.74, 6) is 0. The van der Waals surface area contributed by atoms with Gasteiger partial charge in [0.2, 0.25) is 0 Å². The summed E-state index contributed by atoms with van der Waals surface area (Å²) < 4.78 is 9.12. The van der Waals surface area contributed by atoms with Gasteiger partial charge >= 0.3 is 30.5 Å². The molecule has 0 aliphatic carbocycles. The molecular formula is C6H19O3SiTi. The fourth-order valence-corrected chi connectivity index (χ4v) is 0.250. The Morgan fingerprint density at radius 3 is 1.18 bits per heavy atom. The Balaban J connectivity index is -0.0000000300. The van der Waals surface area contributed by atoms with Crippen LogP contribution >= 0.6 is 0 Å². The Kier molecular flexibility index (Phi) is 36.3. The molecule has 0 rings (SSSR count). The summed E-state index contributed by atoms with van der Waals surface area (Å²) in [5, 5.41) is 0. The average Bonchev–Trinajstić information content (AvgIpc) is 1.68. The smallest absolute Gasteiger partial charge is 0.390 e. The van der Waals surface area contributed by atoms with Gasteiger partial charge in [0.1, 0.15) is 0 Å². The maximum Gasteiger partial charge on any atom is 3.00 e. The van der Waals surface area contributed by atoms with Crippen LogP contribution in [0.2, 0.25) is 6.55 Å². The van der Waals surface area contributed by atoms with E-state index in [1.807, 2.05) is 0 Å². The van der Waals surface area contributed by atoms with E-state index in [9.17, 15) is 0 Å². The topological polar surface area (TPSA) is 38.7 Å². The largest absolute Gasteiger partial charge is 3.00 e. The molecule has 0 aromatic heterocycles. The quantitative estimate of drug-likeness (QED) is 0.555. The van der Waals surface area contributed by atoms with Crippen LogP contribution in [0.25, 0.3) is 0 Å². The van der Waals surface area contributed by atoms with Gasteiger partial charge < -0.3 is 35.9 Å². The Labute approximate surface area is 87.4 Å². The van der Waals surface area contributed by atoms with Gasteiger partial charge in [-0.05, 0) is 0 Å². The maximum atomic E-state index is 8.83. The van der Waals surface area contributed by atoms with Crippen LogP contribution in [-0.4, -0.2) is 27.8 Å². The van der Waals surface area contributed by atoms with Gasteiger partial charge in [0.25, 0.3) is 0 Å². The molecule has 0 heterocycles. The molecule has 1 radical (unpaired) electrons. The van der Waals surface area contributed by atoms with Gasteiger partial charge in [-0.25, -0.2) is 0 Å². The van der Waals surface area contributed by atoms with E-state index in [-0.39, 0.29) is 44.0 Å². The standard InChI is InChI=1S/C3H10O3Si.3CH3.Ti/c1-5-7(3,4)6-2;;;;/h4H,1-3H3;3*1H3;/q;3*-1;+3. The van der Waals surface area contributed by atoms with Crippen LogP contribution in [0.5, 0.6) is 0 Å². The van der Waals surface area contributed by atoms with E-state index in [0.29, 0.717) is 0 Å². The van der Waals surface area contributed by atoms with Crippen molar-refractivity contribution in [2.24, 2.45) is 0 Å². The van der Waals surface area contributed by atoms with Crippen molar-refractivity contribution in [2.45, 2.75) is 6.55 Å². The van der Waals surface area contributed by atoms with Gasteiger partial charge in [0.05, 0.1) is 0 Å². The summed E-state index contributed by atoms with van der Waals surface area (Å²) >= 11 is 0. The molecule has 5 heteroatoms. The second kappa shape index (κ2) is 13.4. The first kappa shape index (κ1) is 29.8. The normalized spacial score (nSPS) is 7.64. The molecule has 0 atom stereocenters. The molecule has 0 unspecified atom stereocenters. The van der Waals surface area contributed by atoms with Crippen LogP contribution in [-0.2, 0) is 30.6 Å². The molecule has 0 aliphatic heterocycles. The predicted molar refractivity (Wildman–Crippen MR) is 47.1 cm³/mol. The Bertz CT molecular complexity index is 55.8. The van der Waals surface area contributed by atoms with Crippen LogP contribution in [0.1, 0.15) is 0 Å². The van der Waals surface area contributed by atoms with Crippen molar-refractivity contribution in [3.8, 4) is 0 Å². The first-order valence-electron chi connectivity index (χ1n) is 1.95. The zero-order valence-corrected chi connectivity index (χ0v) is 10.8. The SMILES string of the molecule is CO[Si](C)(O)OC.[CH3-].[CH3-].[CH3-].[Ti+3]. The van der Waals surface area contributed by atoms with Crippen molar-refractivity contribution in [3.05, 3.63) is 22.3 Å². The third kappa shape index (κ3) is 18.1. The third-order valence-corrected chi connectivity index (χ3v) is 2.27. The van der Waals surface area contributed by atoms with Crippen molar-refractivity contribution in [2.75, 3.05) is 14.2 Å². The third-order valence-electron chi connectivity index (χ3n) is 0.757. The van der Waals surface area contributed by atoms with Crippen molar-refractivity contribution < 1.29 is 35.4 Å². The fourth-order valence-electron chi connectivity index (χ4n) is 0.0833. The molecule has 1 N–H and O–H groups in total. The summed E-state index contributed by atoms with van der Waals surface area (Å²) in [6.07, 6.45) is 0. The van der Waals surface area contributed by atoms with Gasteiger partial charge in [-0.1, -0.05) is 0 Å². The molecule has 0 saturated carbocycles. The monoisotopic (exact) mass is 215 g/mol. The molecule has 0 aliphatic rings. The zero-order chi connectivity index (χ0) is 5.91. The van der Waals surface area contributed by atoms with E-state index in [4.69, 9.17) is 4.80 Å². The first-order valence-corrected chi connectivity index (χ1v) is 4.21. The van der Waals surface area contributed by atoms with E-state index in [1.165, 1.54) is 14.2 Å². The van der Waals surface area contributed by atoms with Gasteiger partial charge in [0.15, 0.2) is 0 Å². The van der Waals surface area contributed by atoms with Crippen molar-refractivity contribution in [1.82, 2.24) is 0 Å². The van der Waals surface area contributed by atoms with Crippen molar-refractivity contribution in [1.29, 1.82) is 0 Å². The van der Waals surface area contributed by atoms with Crippen molar-refractivity contribution in [3.63, 3.8) is 0 Å². The zero-order valence-electron chi connectivity index (χ0n) is 8.26. The van der Waals surface area contributed by atoms with E-state index < -0.39 is 8.80 Å². The van der Waals surface area contributed by atoms with Gasteiger partial charge in [0, 0.05) is 20.8 Å². The summed E-state index contributed by atoms with van der Waals surface area (Å²) in [5.41, 5.74) is 0. The minimum absolute atomic E-state index is 0. The summed E-state index contributed by atoms with van der Waals surface area (Å²) in [6, 6.07) is 0. The summed E-state index contributed by atoms with van der Waals surface area (Å²) in [7, 11) is 0.201.